The summed E-state index contributed by atoms with van der Waals surface area (Å²) in [4.78, 5) is 6.51. The molecule has 0 unspecified atom stereocenters. The van der Waals surface area contributed by atoms with E-state index in [1.165, 1.54) is 0 Å². The van der Waals surface area contributed by atoms with Crippen molar-refractivity contribution in [1.29, 1.82) is 0 Å². The smallest absolute Gasteiger partial charge is 0.129 e. The Labute approximate surface area is 91.9 Å². The second-order valence-corrected chi connectivity index (χ2v) is 4.53. The molecule has 0 bridgehead atoms. The van der Waals surface area contributed by atoms with Crippen molar-refractivity contribution in [3.63, 3.8) is 0 Å². The number of nitrogens with zero attached hydrogens (tertiary/aromatic N) is 2. The van der Waals surface area contributed by atoms with Crippen molar-refractivity contribution in [1.82, 2.24) is 4.98 Å². The molecule has 1 rings (SSSR count). The van der Waals surface area contributed by atoms with Gasteiger partial charge in [0, 0.05) is 19.3 Å². The Morgan fingerprint density at radius 3 is 2.92 bits per heavy atom. The van der Waals surface area contributed by atoms with Crippen molar-refractivity contribution in [2.24, 2.45) is 0 Å². The zero-order valence-corrected chi connectivity index (χ0v) is 10.2. The highest BCUT2D eigenvalue weighted by Gasteiger charge is 2.00. The van der Waals surface area contributed by atoms with Gasteiger partial charge in [0.05, 0.1) is 0 Å². The third-order valence-electron chi connectivity index (χ3n) is 1.72. The lowest BCUT2D eigenvalue weighted by atomic mass is 10.4. The first-order valence-electron chi connectivity index (χ1n) is 4.06. The van der Waals surface area contributed by atoms with Crippen molar-refractivity contribution >= 4 is 33.5 Å². The summed E-state index contributed by atoms with van der Waals surface area (Å²) in [7, 11) is 2.06. The van der Waals surface area contributed by atoms with Gasteiger partial charge in [-0.15, -0.1) is 0 Å². The molecule has 0 N–H and O–H groups in total. The summed E-state index contributed by atoms with van der Waals surface area (Å²) in [6, 6.07) is 5.96. The van der Waals surface area contributed by atoms with E-state index < -0.39 is 0 Å². The number of rotatable bonds is 4. The van der Waals surface area contributed by atoms with Crippen LogP contribution < -0.4 is 4.90 Å². The minimum atomic E-state index is 0.890. The van der Waals surface area contributed by atoms with Gasteiger partial charge in [-0.1, -0.05) is 6.07 Å². The van der Waals surface area contributed by atoms with Crippen molar-refractivity contribution in [2.45, 2.75) is 0 Å². The van der Waals surface area contributed by atoms with Crippen LogP contribution in [0.4, 0.5) is 5.82 Å². The highest BCUT2D eigenvalue weighted by molar-refractivity contribution is 9.10. The van der Waals surface area contributed by atoms with Crippen molar-refractivity contribution in [3.05, 3.63) is 22.8 Å². The van der Waals surface area contributed by atoms with Gasteiger partial charge in [0.1, 0.15) is 10.4 Å². The maximum atomic E-state index is 4.36. The molecule has 72 valence electrons. The van der Waals surface area contributed by atoms with Crippen LogP contribution in [0, 0.1) is 0 Å². The van der Waals surface area contributed by atoms with E-state index >= 15 is 0 Å². The minimum Gasteiger partial charge on any atom is -0.359 e. The molecule has 1 aromatic heterocycles. The van der Waals surface area contributed by atoms with E-state index in [-0.39, 0.29) is 0 Å². The van der Waals surface area contributed by atoms with E-state index in [2.05, 4.69) is 39.1 Å². The molecule has 0 aromatic carbocycles. The fourth-order valence-corrected chi connectivity index (χ4v) is 1.74. The number of anilines is 1. The van der Waals surface area contributed by atoms with Gasteiger partial charge < -0.3 is 4.90 Å². The lowest BCUT2D eigenvalue weighted by Gasteiger charge is -2.17. The molecule has 0 radical (unpaired) electrons. The molecule has 0 atom stereocenters. The van der Waals surface area contributed by atoms with Crippen molar-refractivity contribution < 1.29 is 0 Å². The molecular formula is C9H13BrN2S. The summed E-state index contributed by atoms with van der Waals surface area (Å²) in [5.41, 5.74) is 0. The predicted octanol–water partition coefficient (Wildman–Crippen LogP) is 2.64. The zero-order chi connectivity index (χ0) is 9.68. The number of thioether (sulfide) groups is 1. The minimum absolute atomic E-state index is 0.890. The molecule has 0 saturated heterocycles. The van der Waals surface area contributed by atoms with E-state index in [1.807, 2.05) is 30.0 Å². The van der Waals surface area contributed by atoms with Crippen LogP contribution in [0.5, 0.6) is 0 Å². The lowest BCUT2D eigenvalue weighted by molar-refractivity contribution is 0.943. The molecule has 13 heavy (non-hydrogen) atoms. The molecule has 1 heterocycles. The second-order valence-electron chi connectivity index (χ2n) is 2.73. The predicted molar refractivity (Wildman–Crippen MR) is 63.6 cm³/mol. The Kier molecular flexibility index (Phi) is 4.59. The summed E-state index contributed by atoms with van der Waals surface area (Å²) in [6.45, 7) is 1.03. The van der Waals surface area contributed by atoms with Gasteiger partial charge in [-0.2, -0.15) is 11.8 Å². The van der Waals surface area contributed by atoms with Crippen LogP contribution in [0.2, 0.25) is 0 Å². The highest BCUT2D eigenvalue weighted by atomic mass is 79.9. The maximum Gasteiger partial charge on any atom is 0.129 e. The number of pyridine rings is 1. The summed E-state index contributed by atoms with van der Waals surface area (Å²) < 4.78 is 0.890. The van der Waals surface area contributed by atoms with Gasteiger partial charge in [0.15, 0.2) is 0 Å². The van der Waals surface area contributed by atoms with Crippen molar-refractivity contribution in [3.8, 4) is 0 Å². The molecule has 0 saturated carbocycles. The van der Waals surface area contributed by atoms with Gasteiger partial charge in [0.2, 0.25) is 0 Å². The van der Waals surface area contributed by atoms with E-state index in [1.54, 1.807) is 0 Å². The summed E-state index contributed by atoms with van der Waals surface area (Å²) in [5.74, 6) is 2.15. The summed E-state index contributed by atoms with van der Waals surface area (Å²) in [5, 5.41) is 0. The Hall–Kier alpha value is -0.220. The fraction of sp³-hybridized carbons (Fsp3) is 0.444. The van der Waals surface area contributed by atoms with E-state index in [9.17, 15) is 0 Å². The van der Waals surface area contributed by atoms with Crippen LogP contribution in [0.1, 0.15) is 0 Å². The molecular weight excluding hydrogens is 248 g/mol. The maximum absolute atomic E-state index is 4.36. The lowest BCUT2D eigenvalue weighted by Crippen LogP contribution is -2.21. The van der Waals surface area contributed by atoms with Crippen LogP contribution in [-0.2, 0) is 0 Å². The number of hydrogen-bond acceptors (Lipinski definition) is 3. The van der Waals surface area contributed by atoms with Crippen LogP contribution in [-0.4, -0.2) is 30.6 Å². The number of halogens is 1. The standard InChI is InChI=1S/C9H13BrN2S/c1-12(6-7-13-2)9-5-3-4-8(10)11-9/h3-5H,6-7H2,1-2H3. The van der Waals surface area contributed by atoms with E-state index in [0.29, 0.717) is 0 Å². The Balaban J connectivity index is 2.60. The van der Waals surface area contributed by atoms with Gasteiger partial charge >= 0.3 is 0 Å². The Morgan fingerprint density at radius 1 is 1.54 bits per heavy atom. The zero-order valence-electron chi connectivity index (χ0n) is 7.83. The summed E-state index contributed by atoms with van der Waals surface area (Å²) >= 11 is 5.20. The normalized spacial score (nSPS) is 10.1. The van der Waals surface area contributed by atoms with Gasteiger partial charge in [0.25, 0.3) is 0 Å². The van der Waals surface area contributed by atoms with Crippen LogP contribution >= 0.6 is 27.7 Å². The molecule has 2 nitrogen and oxygen atoms in total. The van der Waals surface area contributed by atoms with Crippen molar-refractivity contribution in [2.75, 3.05) is 30.5 Å². The largest absolute Gasteiger partial charge is 0.359 e. The average Bonchev–Trinajstić information content (AvgIpc) is 2.14. The first-order valence-corrected chi connectivity index (χ1v) is 6.25. The molecule has 4 heteroatoms. The van der Waals surface area contributed by atoms with E-state index in [0.717, 1.165) is 22.7 Å². The summed E-state index contributed by atoms with van der Waals surface area (Å²) in [6.07, 6.45) is 2.11. The number of aromatic nitrogens is 1. The Bertz CT molecular complexity index is 268. The fourth-order valence-electron chi connectivity index (χ4n) is 0.953. The van der Waals surface area contributed by atoms with Gasteiger partial charge in [-0.25, -0.2) is 4.98 Å². The highest BCUT2D eigenvalue weighted by Crippen LogP contribution is 2.13. The molecule has 0 aliphatic heterocycles. The third-order valence-corrected chi connectivity index (χ3v) is 2.75. The van der Waals surface area contributed by atoms with Crippen LogP contribution in [0.3, 0.4) is 0 Å². The topological polar surface area (TPSA) is 16.1 Å². The first-order chi connectivity index (χ1) is 6.24. The SMILES string of the molecule is CSCCN(C)c1cccc(Br)n1. The molecule has 0 fully saturated rings. The Morgan fingerprint density at radius 2 is 2.31 bits per heavy atom. The second kappa shape index (κ2) is 5.50. The van der Waals surface area contributed by atoms with Gasteiger partial charge in [-0.05, 0) is 34.3 Å². The average molecular weight is 261 g/mol. The quantitative estimate of drug-likeness (QED) is 0.775. The molecule has 0 amide bonds. The van der Waals surface area contributed by atoms with Gasteiger partial charge in [-0.3, -0.25) is 0 Å². The van der Waals surface area contributed by atoms with Crippen LogP contribution in [0.15, 0.2) is 22.8 Å². The molecule has 0 aliphatic rings. The van der Waals surface area contributed by atoms with E-state index in [4.69, 9.17) is 0 Å². The third kappa shape index (κ3) is 3.56. The molecule has 0 spiro atoms. The molecule has 1 aromatic rings. The molecule has 0 aliphatic carbocycles. The number of hydrogen-bond donors (Lipinski definition) is 0. The van der Waals surface area contributed by atoms with Crippen LogP contribution in [0.25, 0.3) is 0 Å². The monoisotopic (exact) mass is 260 g/mol. The first kappa shape index (κ1) is 10.9.